The van der Waals surface area contributed by atoms with E-state index in [-0.39, 0.29) is 0 Å². The van der Waals surface area contributed by atoms with Crippen molar-refractivity contribution in [3.05, 3.63) is 249 Å². The minimum Gasteiger partial charge on any atom is -0.309 e. The molecule has 0 bridgehead atoms. The molecule has 10 aromatic carbocycles. The highest BCUT2D eigenvalue weighted by Crippen LogP contribution is 2.40. The zero-order chi connectivity index (χ0) is 43.6. The Bertz CT molecular complexity index is 3910. The largest absolute Gasteiger partial charge is 0.309 e. The van der Waals surface area contributed by atoms with E-state index in [0.717, 1.165) is 45.0 Å². The standard InChI is InChI=1S/C63H41N3/c1-3-15-42(16-4-1)49-40-58(45-18-5-2-6-19-45)64-59(41-49)48-21-13-22-51(37-48)66-61-28-12-10-25-55(61)57-39-47(32-36-63(57)66)46-31-35-62-56(38-46)54-24-9-11-27-60(54)65(62)50-33-29-44(30-34-50)53-26-14-20-43-17-7-8-23-52(43)53/h1-41H. The Morgan fingerprint density at radius 2 is 0.727 bits per heavy atom. The highest BCUT2D eigenvalue weighted by atomic mass is 15.0. The third kappa shape index (κ3) is 6.32. The SMILES string of the molecule is c1ccc(-c2cc(-c3ccccc3)nc(-c3cccc(-n4c5ccccc5c5cc(-c6ccc7c(c6)c6ccccc6n7-c6ccc(-c7cccc8ccccc78)cc6)ccc54)c3)c2)cc1. The second-order valence-corrected chi connectivity index (χ2v) is 17.2. The molecule has 3 nitrogen and oxygen atoms in total. The summed E-state index contributed by atoms with van der Waals surface area (Å²) >= 11 is 0. The van der Waals surface area contributed by atoms with Gasteiger partial charge < -0.3 is 9.13 Å². The van der Waals surface area contributed by atoms with Gasteiger partial charge in [-0.2, -0.15) is 0 Å². The maximum atomic E-state index is 5.26. The van der Waals surface area contributed by atoms with Crippen molar-refractivity contribution < 1.29 is 0 Å². The fourth-order valence-electron chi connectivity index (χ4n) is 10.2. The third-order valence-electron chi connectivity index (χ3n) is 13.3. The summed E-state index contributed by atoms with van der Waals surface area (Å²) in [6.07, 6.45) is 0. The van der Waals surface area contributed by atoms with Crippen LogP contribution in [0.1, 0.15) is 0 Å². The van der Waals surface area contributed by atoms with Gasteiger partial charge in [0.15, 0.2) is 0 Å². The molecule has 0 unspecified atom stereocenters. The van der Waals surface area contributed by atoms with Gasteiger partial charge in [-0.3, -0.25) is 0 Å². The molecular weight excluding hydrogens is 799 g/mol. The van der Waals surface area contributed by atoms with Gasteiger partial charge >= 0.3 is 0 Å². The highest BCUT2D eigenvalue weighted by Gasteiger charge is 2.18. The first-order valence-electron chi connectivity index (χ1n) is 22.6. The number of hydrogen-bond donors (Lipinski definition) is 0. The molecule has 13 rings (SSSR count). The summed E-state index contributed by atoms with van der Waals surface area (Å²) in [6.45, 7) is 0. The van der Waals surface area contributed by atoms with Crippen LogP contribution in [-0.4, -0.2) is 14.1 Å². The average Bonchev–Trinajstić information content (AvgIpc) is 3.91. The van der Waals surface area contributed by atoms with E-state index >= 15 is 0 Å². The molecule has 3 aromatic heterocycles. The average molecular weight is 840 g/mol. The lowest BCUT2D eigenvalue weighted by molar-refractivity contribution is 1.18. The fraction of sp³-hybridized carbons (Fsp3) is 0. The van der Waals surface area contributed by atoms with Gasteiger partial charge in [-0.1, -0.05) is 176 Å². The van der Waals surface area contributed by atoms with Gasteiger partial charge in [0.05, 0.1) is 33.5 Å². The van der Waals surface area contributed by atoms with Gasteiger partial charge in [0.1, 0.15) is 0 Å². The molecule has 0 radical (unpaired) electrons. The first-order chi connectivity index (χ1) is 32.7. The van der Waals surface area contributed by atoms with E-state index in [1.165, 1.54) is 76.7 Å². The van der Waals surface area contributed by atoms with Crippen LogP contribution in [-0.2, 0) is 0 Å². The van der Waals surface area contributed by atoms with Crippen molar-refractivity contribution in [1.29, 1.82) is 0 Å². The van der Waals surface area contributed by atoms with Gasteiger partial charge in [-0.05, 0) is 117 Å². The molecular formula is C63H41N3. The van der Waals surface area contributed by atoms with E-state index in [2.05, 4.69) is 258 Å². The third-order valence-corrected chi connectivity index (χ3v) is 13.3. The molecule has 0 aliphatic rings. The summed E-state index contributed by atoms with van der Waals surface area (Å²) < 4.78 is 4.81. The van der Waals surface area contributed by atoms with Crippen LogP contribution in [0.3, 0.4) is 0 Å². The van der Waals surface area contributed by atoms with Gasteiger partial charge in [0, 0.05) is 44.0 Å². The molecule has 0 amide bonds. The second kappa shape index (κ2) is 15.5. The van der Waals surface area contributed by atoms with E-state index < -0.39 is 0 Å². The number of para-hydroxylation sites is 2. The number of hydrogen-bond acceptors (Lipinski definition) is 1. The number of aromatic nitrogens is 3. The number of nitrogens with zero attached hydrogens (tertiary/aromatic N) is 3. The van der Waals surface area contributed by atoms with Crippen molar-refractivity contribution >= 4 is 54.4 Å². The Morgan fingerprint density at radius 1 is 0.242 bits per heavy atom. The van der Waals surface area contributed by atoms with Crippen LogP contribution >= 0.6 is 0 Å². The summed E-state index contributed by atoms with van der Waals surface area (Å²) in [4.78, 5) is 5.26. The van der Waals surface area contributed by atoms with Crippen LogP contribution < -0.4 is 0 Å². The molecule has 3 heteroatoms. The van der Waals surface area contributed by atoms with Crippen LogP contribution in [0.2, 0.25) is 0 Å². The van der Waals surface area contributed by atoms with Crippen molar-refractivity contribution in [2.24, 2.45) is 0 Å². The normalized spacial score (nSPS) is 11.6. The molecule has 0 spiro atoms. The zero-order valence-corrected chi connectivity index (χ0v) is 36.0. The summed E-state index contributed by atoms with van der Waals surface area (Å²) in [5.41, 5.74) is 18.2. The van der Waals surface area contributed by atoms with Crippen LogP contribution in [0.15, 0.2) is 249 Å². The highest BCUT2D eigenvalue weighted by molar-refractivity contribution is 6.13. The maximum Gasteiger partial charge on any atom is 0.0716 e. The van der Waals surface area contributed by atoms with Gasteiger partial charge in [0.2, 0.25) is 0 Å². The summed E-state index contributed by atoms with van der Waals surface area (Å²) in [5.74, 6) is 0. The summed E-state index contributed by atoms with van der Waals surface area (Å²) in [5, 5.41) is 7.44. The lowest BCUT2D eigenvalue weighted by atomic mass is 9.98. The fourth-order valence-corrected chi connectivity index (χ4v) is 10.2. The zero-order valence-electron chi connectivity index (χ0n) is 36.0. The molecule has 0 saturated heterocycles. The van der Waals surface area contributed by atoms with Crippen LogP contribution in [0.5, 0.6) is 0 Å². The van der Waals surface area contributed by atoms with Crippen molar-refractivity contribution in [1.82, 2.24) is 14.1 Å². The van der Waals surface area contributed by atoms with Crippen LogP contribution in [0, 0.1) is 0 Å². The van der Waals surface area contributed by atoms with Crippen molar-refractivity contribution in [2.75, 3.05) is 0 Å². The lowest BCUT2D eigenvalue weighted by Gasteiger charge is -2.13. The topological polar surface area (TPSA) is 22.8 Å². The first-order valence-corrected chi connectivity index (χ1v) is 22.6. The molecule has 0 aliphatic carbocycles. The van der Waals surface area contributed by atoms with E-state index in [1.807, 2.05) is 0 Å². The molecule has 66 heavy (non-hydrogen) atoms. The van der Waals surface area contributed by atoms with E-state index in [0.29, 0.717) is 0 Å². The maximum absolute atomic E-state index is 5.26. The van der Waals surface area contributed by atoms with E-state index in [4.69, 9.17) is 4.98 Å². The van der Waals surface area contributed by atoms with Crippen molar-refractivity contribution in [2.45, 2.75) is 0 Å². The van der Waals surface area contributed by atoms with E-state index in [1.54, 1.807) is 0 Å². The van der Waals surface area contributed by atoms with Gasteiger partial charge in [-0.25, -0.2) is 4.98 Å². The molecule has 3 heterocycles. The Balaban J connectivity index is 0.899. The smallest absolute Gasteiger partial charge is 0.0716 e. The number of benzene rings is 10. The van der Waals surface area contributed by atoms with E-state index in [9.17, 15) is 0 Å². The molecule has 0 fully saturated rings. The number of rotatable bonds is 7. The first kappa shape index (κ1) is 37.7. The molecule has 0 aliphatic heterocycles. The Morgan fingerprint density at radius 3 is 1.39 bits per heavy atom. The Hall–Kier alpha value is -8.79. The molecule has 308 valence electrons. The van der Waals surface area contributed by atoms with Crippen LogP contribution in [0.25, 0.3) is 122 Å². The quantitative estimate of drug-likeness (QED) is 0.157. The Kier molecular flexibility index (Phi) is 8.85. The second-order valence-electron chi connectivity index (χ2n) is 17.2. The predicted molar refractivity (Wildman–Crippen MR) is 278 cm³/mol. The summed E-state index contributed by atoms with van der Waals surface area (Å²) in [7, 11) is 0. The Labute approximate surface area is 382 Å². The van der Waals surface area contributed by atoms with Crippen molar-refractivity contribution in [3.8, 4) is 67.3 Å². The minimum absolute atomic E-state index is 0.940. The summed E-state index contributed by atoms with van der Waals surface area (Å²) in [6, 6.07) is 90.0. The molecule has 0 atom stereocenters. The molecule has 13 aromatic rings. The molecule has 0 saturated carbocycles. The minimum atomic E-state index is 0.940. The monoisotopic (exact) mass is 839 g/mol. The van der Waals surface area contributed by atoms with Gasteiger partial charge in [0.25, 0.3) is 0 Å². The van der Waals surface area contributed by atoms with Gasteiger partial charge in [-0.15, -0.1) is 0 Å². The number of fused-ring (bicyclic) bond motifs is 7. The van der Waals surface area contributed by atoms with Crippen molar-refractivity contribution in [3.63, 3.8) is 0 Å². The molecule has 0 N–H and O–H groups in total. The lowest BCUT2D eigenvalue weighted by Crippen LogP contribution is -1.96. The predicted octanol–water partition coefficient (Wildman–Crippen LogP) is 16.8. The number of pyridine rings is 1. The van der Waals surface area contributed by atoms with Crippen LogP contribution in [0.4, 0.5) is 0 Å².